The van der Waals surface area contributed by atoms with Crippen LogP contribution < -0.4 is 10.6 Å². The van der Waals surface area contributed by atoms with Gasteiger partial charge in [0.1, 0.15) is 5.82 Å². The zero-order valence-corrected chi connectivity index (χ0v) is 7.34. The van der Waals surface area contributed by atoms with Gasteiger partial charge in [-0.25, -0.2) is 4.39 Å². The van der Waals surface area contributed by atoms with Crippen LogP contribution in [0.15, 0.2) is 18.2 Å². The first-order valence-corrected chi connectivity index (χ1v) is 3.91. The second-order valence-corrected chi connectivity index (χ2v) is 2.72. The first kappa shape index (κ1) is 8.84. The molecule has 0 radical (unpaired) electrons. The molecule has 1 aromatic rings. The molecule has 1 rings (SSSR count). The number of nitrogen functional groups attached to an aromatic ring is 1. The SMILES string of the molecule is CCN(C)c1cc(F)ccc1N. The summed E-state index contributed by atoms with van der Waals surface area (Å²) >= 11 is 0. The Hall–Kier alpha value is -1.25. The first-order chi connectivity index (χ1) is 5.65. The Morgan fingerprint density at radius 3 is 2.75 bits per heavy atom. The van der Waals surface area contributed by atoms with Gasteiger partial charge in [-0.1, -0.05) is 0 Å². The average Bonchev–Trinajstić information content (AvgIpc) is 2.08. The molecule has 0 saturated carbocycles. The zero-order valence-electron chi connectivity index (χ0n) is 7.34. The summed E-state index contributed by atoms with van der Waals surface area (Å²) in [6, 6.07) is 4.39. The van der Waals surface area contributed by atoms with Crippen LogP contribution in [0.3, 0.4) is 0 Å². The lowest BCUT2D eigenvalue weighted by Crippen LogP contribution is -2.17. The third-order valence-corrected chi connectivity index (χ3v) is 1.88. The van der Waals surface area contributed by atoms with Crippen LogP contribution in [-0.2, 0) is 0 Å². The maximum absolute atomic E-state index is 12.8. The van der Waals surface area contributed by atoms with Crippen LogP contribution in [0.4, 0.5) is 15.8 Å². The van der Waals surface area contributed by atoms with Gasteiger partial charge in [-0.2, -0.15) is 0 Å². The summed E-state index contributed by atoms with van der Waals surface area (Å²) in [7, 11) is 1.88. The molecule has 2 nitrogen and oxygen atoms in total. The Morgan fingerprint density at radius 2 is 2.17 bits per heavy atom. The molecule has 3 heteroatoms. The Morgan fingerprint density at radius 1 is 1.50 bits per heavy atom. The van der Waals surface area contributed by atoms with Crippen LogP contribution in [0, 0.1) is 5.82 Å². The van der Waals surface area contributed by atoms with Crippen molar-refractivity contribution < 1.29 is 4.39 Å². The third-order valence-electron chi connectivity index (χ3n) is 1.88. The lowest BCUT2D eigenvalue weighted by molar-refractivity contribution is 0.627. The van der Waals surface area contributed by atoms with Gasteiger partial charge in [0.2, 0.25) is 0 Å². The Labute approximate surface area is 71.8 Å². The molecular weight excluding hydrogens is 155 g/mol. The van der Waals surface area contributed by atoms with E-state index in [9.17, 15) is 4.39 Å². The predicted octanol–water partition coefficient (Wildman–Crippen LogP) is 1.86. The molecule has 1 aromatic carbocycles. The van der Waals surface area contributed by atoms with Gasteiger partial charge in [0.15, 0.2) is 0 Å². The van der Waals surface area contributed by atoms with E-state index >= 15 is 0 Å². The fourth-order valence-electron chi connectivity index (χ4n) is 1.02. The maximum atomic E-state index is 12.8. The van der Waals surface area contributed by atoms with E-state index in [0.29, 0.717) is 5.69 Å². The Kier molecular flexibility index (Phi) is 2.53. The van der Waals surface area contributed by atoms with Gasteiger partial charge in [-0.15, -0.1) is 0 Å². The van der Waals surface area contributed by atoms with Crippen LogP contribution in [-0.4, -0.2) is 13.6 Å². The van der Waals surface area contributed by atoms with Gasteiger partial charge < -0.3 is 10.6 Å². The van der Waals surface area contributed by atoms with Gasteiger partial charge in [-0.3, -0.25) is 0 Å². The quantitative estimate of drug-likeness (QED) is 0.683. The highest BCUT2D eigenvalue weighted by Gasteiger charge is 2.03. The van der Waals surface area contributed by atoms with Crippen molar-refractivity contribution in [1.82, 2.24) is 0 Å². The molecule has 0 aliphatic carbocycles. The van der Waals surface area contributed by atoms with E-state index in [1.54, 1.807) is 6.07 Å². The molecule has 0 aromatic heterocycles. The van der Waals surface area contributed by atoms with E-state index in [0.717, 1.165) is 12.2 Å². The molecule has 0 heterocycles. The summed E-state index contributed by atoms with van der Waals surface area (Å²) in [6.45, 7) is 2.80. The highest BCUT2D eigenvalue weighted by Crippen LogP contribution is 2.22. The number of rotatable bonds is 2. The molecule has 0 aliphatic heterocycles. The summed E-state index contributed by atoms with van der Waals surface area (Å²) in [4.78, 5) is 1.90. The zero-order chi connectivity index (χ0) is 9.14. The number of nitrogens with two attached hydrogens (primary N) is 1. The normalized spacial score (nSPS) is 9.92. The lowest BCUT2D eigenvalue weighted by atomic mass is 10.2. The number of hydrogen-bond donors (Lipinski definition) is 1. The lowest BCUT2D eigenvalue weighted by Gasteiger charge is -2.18. The van der Waals surface area contributed by atoms with E-state index in [2.05, 4.69) is 0 Å². The summed E-state index contributed by atoms with van der Waals surface area (Å²) in [5.41, 5.74) is 7.02. The fourth-order valence-corrected chi connectivity index (χ4v) is 1.02. The molecule has 66 valence electrons. The number of anilines is 2. The smallest absolute Gasteiger partial charge is 0.125 e. The topological polar surface area (TPSA) is 29.3 Å². The standard InChI is InChI=1S/C9H13FN2/c1-3-12(2)9-6-7(10)4-5-8(9)11/h4-6H,3,11H2,1-2H3. The maximum Gasteiger partial charge on any atom is 0.125 e. The van der Waals surface area contributed by atoms with E-state index < -0.39 is 0 Å². The van der Waals surface area contributed by atoms with Crippen molar-refractivity contribution in [1.29, 1.82) is 0 Å². The summed E-state index contributed by atoms with van der Waals surface area (Å²) in [5.74, 6) is -0.250. The van der Waals surface area contributed by atoms with Crippen LogP contribution in [0.5, 0.6) is 0 Å². The third kappa shape index (κ3) is 1.67. The van der Waals surface area contributed by atoms with Gasteiger partial charge in [0.05, 0.1) is 11.4 Å². The molecule has 0 spiro atoms. The second-order valence-electron chi connectivity index (χ2n) is 2.72. The van der Waals surface area contributed by atoms with Gasteiger partial charge in [0, 0.05) is 13.6 Å². The van der Waals surface area contributed by atoms with E-state index in [1.807, 2.05) is 18.9 Å². The van der Waals surface area contributed by atoms with Crippen LogP contribution in [0.1, 0.15) is 6.92 Å². The van der Waals surface area contributed by atoms with Crippen LogP contribution in [0.2, 0.25) is 0 Å². The van der Waals surface area contributed by atoms with Crippen molar-refractivity contribution in [3.8, 4) is 0 Å². The second kappa shape index (κ2) is 3.43. The van der Waals surface area contributed by atoms with E-state index in [4.69, 9.17) is 5.73 Å². The number of hydrogen-bond acceptors (Lipinski definition) is 2. The monoisotopic (exact) mass is 168 g/mol. The molecule has 0 atom stereocenters. The molecule has 0 aliphatic rings. The van der Waals surface area contributed by atoms with Gasteiger partial charge >= 0.3 is 0 Å². The van der Waals surface area contributed by atoms with Crippen molar-refractivity contribution in [3.63, 3.8) is 0 Å². The number of benzene rings is 1. The predicted molar refractivity (Wildman–Crippen MR) is 49.8 cm³/mol. The van der Waals surface area contributed by atoms with Crippen molar-refractivity contribution in [2.24, 2.45) is 0 Å². The minimum absolute atomic E-state index is 0.250. The molecular formula is C9H13FN2. The minimum atomic E-state index is -0.250. The first-order valence-electron chi connectivity index (χ1n) is 3.91. The largest absolute Gasteiger partial charge is 0.397 e. The minimum Gasteiger partial charge on any atom is -0.397 e. The van der Waals surface area contributed by atoms with Crippen molar-refractivity contribution in [2.45, 2.75) is 6.92 Å². The van der Waals surface area contributed by atoms with Gasteiger partial charge in [-0.05, 0) is 25.1 Å². The highest BCUT2D eigenvalue weighted by atomic mass is 19.1. The molecule has 0 bridgehead atoms. The molecule has 12 heavy (non-hydrogen) atoms. The van der Waals surface area contributed by atoms with Crippen molar-refractivity contribution >= 4 is 11.4 Å². The van der Waals surface area contributed by atoms with E-state index in [1.165, 1.54) is 12.1 Å². The Bertz CT molecular complexity index is 273. The molecule has 2 N–H and O–H groups in total. The van der Waals surface area contributed by atoms with Crippen LogP contribution >= 0.6 is 0 Å². The summed E-state index contributed by atoms with van der Waals surface area (Å²) in [6.07, 6.45) is 0. The highest BCUT2D eigenvalue weighted by molar-refractivity contribution is 5.66. The summed E-state index contributed by atoms with van der Waals surface area (Å²) < 4.78 is 12.8. The van der Waals surface area contributed by atoms with Crippen LogP contribution in [0.25, 0.3) is 0 Å². The average molecular weight is 168 g/mol. The fraction of sp³-hybridized carbons (Fsp3) is 0.333. The molecule has 0 fully saturated rings. The van der Waals surface area contributed by atoms with Crippen molar-refractivity contribution in [3.05, 3.63) is 24.0 Å². The number of nitrogens with zero attached hydrogens (tertiary/aromatic N) is 1. The molecule has 0 unspecified atom stereocenters. The van der Waals surface area contributed by atoms with Gasteiger partial charge in [0.25, 0.3) is 0 Å². The Balaban J connectivity index is 3.04. The molecule has 0 saturated heterocycles. The van der Waals surface area contributed by atoms with E-state index in [-0.39, 0.29) is 5.82 Å². The van der Waals surface area contributed by atoms with Crippen molar-refractivity contribution in [2.75, 3.05) is 24.2 Å². The summed E-state index contributed by atoms with van der Waals surface area (Å²) in [5, 5.41) is 0. The molecule has 0 amide bonds. The number of halogens is 1.